The van der Waals surface area contributed by atoms with E-state index in [4.69, 9.17) is 4.98 Å². The standard InChI is InChI=1S/C18H26N4/c1-13-5-6-16-18(14(13)2)20-17(19-16)7-9-21-10-11-22-8-3-4-15(22)12-21/h5-6,15H,3-4,7-12H2,1-2H3,(H,19,20). The van der Waals surface area contributed by atoms with E-state index >= 15 is 0 Å². The summed E-state index contributed by atoms with van der Waals surface area (Å²) in [6.45, 7) is 10.5. The molecule has 118 valence electrons. The van der Waals surface area contributed by atoms with Crippen molar-refractivity contribution in [2.45, 2.75) is 39.2 Å². The molecular formula is C18H26N4. The van der Waals surface area contributed by atoms with E-state index in [1.54, 1.807) is 0 Å². The van der Waals surface area contributed by atoms with Crippen LogP contribution in [0.15, 0.2) is 12.1 Å². The molecule has 2 fully saturated rings. The van der Waals surface area contributed by atoms with E-state index in [2.05, 4.69) is 40.8 Å². The molecule has 4 rings (SSSR count). The molecule has 0 aliphatic carbocycles. The number of benzene rings is 1. The van der Waals surface area contributed by atoms with E-state index in [-0.39, 0.29) is 0 Å². The van der Waals surface area contributed by atoms with Gasteiger partial charge in [-0.25, -0.2) is 4.98 Å². The van der Waals surface area contributed by atoms with Gasteiger partial charge in [0.15, 0.2) is 0 Å². The highest BCUT2D eigenvalue weighted by Gasteiger charge is 2.30. The molecule has 4 heteroatoms. The van der Waals surface area contributed by atoms with Crippen molar-refractivity contribution in [1.82, 2.24) is 19.8 Å². The van der Waals surface area contributed by atoms with Gasteiger partial charge in [0.25, 0.3) is 0 Å². The van der Waals surface area contributed by atoms with Gasteiger partial charge in [0.1, 0.15) is 5.82 Å². The first kappa shape index (κ1) is 14.2. The van der Waals surface area contributed by atoms with Crippen LogP contribution in [0.25, 0.3) is 11.0 Å². The summed E-state index contributed by atoms with van der Waals surface area (Å²) in [6, 6.07) is 5.15. The summed E-state index contributed by atoms with van der Waals surface area (Å²) in [4.78, 5) is 13.6. The number of nitrogens with one attached hydrogen (secondary N) is 1. The maximum atomic E-state index is 4.83. The van der Waals surface area contributed by atoms with E-state index in [0.29, 0.717) is 0 Å². The van der Waals surface area contributed by atoms with Gasteiger partial charge >= 0.3 is 0 Å². The SMILES string of the molecule is Cc1ccc2[nH]c(CCN3CCN4CCCC4C3)nc2c1C. The Kier molecular flexibility index (Phi) is 3.66. The van der Waals surface area contributed by atoms with Gasteiger partial charge in [0.05, 0.1) is 11.0 Å². The molecule has 2 aromatic rings. The second kappa shape index (κ2) is 5.67. The molecule has 22 heavy (non-hydrogen) atoms. The quantitative estimate of drug-likeness (QED) is 0.945. The molecule has 4 nitrogen and oxygen atoms in total. The number of aromatic nitrogens is 2. The predicted molar refractivity (Wildman–Crippen MR) is 90.3 cm³/mol. The Bertz CT molecular complexity index is 675. The Hall–Kier alpha value is -1.39. The summed E-state index contributed by atoms with van der Waals surface area (Å²) >= 11 is 0. The molecule has 1 aromatic heterocycles. The van der Waals surface area contributed by atoms with Crippen LogP contribution in [0, 0.1) is 13.8 Å². The summed E-state index contributed by atoms with van der Waals surface area (Å²) in [6.07, 6.45) is 3.81. The number of piperazine rings is 1. The lowest BCUT2D eigenvalue weighted by Gasteiger charge is -2.37. The van der Waals surface area contributed by atoms with Crippen molar-refractivity contribution < 1.29 is 0 Å². The number of nitrogens with zero attached hydrogens (tertiary/aromatic N) is 3. The minimum Gasteiger partial charge on any atom is -0.342 e. The van der Waals surface area contributed by atoms with Crippen molar-refractivity contribution >= 4 is 11.0 Å². The van der Waals surface area contributed by atoms with Gasteiger partial charge in [0, 0.05) is 38.6 Å². The normalized spacial score (nSPS) is 23.3. The van der Waals surface area contributed by atoms with Gasteiger partial charge in [-0.3, -0.25) is 4.90 Å². The number of hydrogen-bond acceptors (Lipinski definition) is 3. The zero-order chi connectivity index (χ0) is 15.1. The van der Waals surface area contributed by atoms with Crippen LogP contribution >= 0.6 is 0 Å². The van der Waals surface area contributed by atoms with Gasteiger partial charge in [-0.05, 0) is 50.4 Å². The smallest absolute Gasteiger partial charge is 0.108 e. The molecule has 2 aliphatic rings. The Labute approximate surface area is 132 Å². The lowest BCUT2D eigenvalue weighted by atomic mass is 10.1. The first-order chi connectivity index (χ1) is 10.7. The summed E-state index contributed by atoms with van der Waals surface area (Å²) < 4.78 is 0. The Balaban J connectivity index is 1.42. The molecule has 0 radical (unpaired) electrons. The third kappa shape index (κ3) is 2.55. The van der Waals surface area contributed by atoms with Crippen molar-refractivity contribution in [3.05, 3.63) is 29.1 Å². The molecule has 0 amide bonds. The molecule has 2 aliphatic heterocycles. The lowest BCUT2D eigenvalue weighted by Crippen LogP contribution is -2.50. The largest absolute Gasteiger partial charge is 0.342 e. The fraction of sp³-hybridized carbons (Fsp3) is 0.611. The van der Waals surface area contributed by atoms with Gasteiger partial charge in [-0.1, -0.05) is 6.07 Å². The topological polar surface area (TPSA) is 35.2 Å². The molecule has 1 aromatic carbocycles. The number of aromatic amines is 1. The van der Waals surface area contributed by atoms with Crippen LogP contribution in [0.2, 0.25) is 0 Å². The fourth-order valence-electron chi connectivity index (χ4n) is 4.01. The van der Waals surface area contributed by atoms with E-state index in [1.165, 1.54) is 55.7 Å². The third-order valence-corrected chi connectivity index (χ3v) is 5.56. The van der Waals surface area contributed by atoms with Crippen LogP contribution in [-0.2, 0) is 6.42 Å². The van der Waals surface area contributed by atoms with Crippen LogP contribution in [0.5, 0.6) is 0 Å². The van der Waals surface area contributed by atoms with Crippen LogP contribution < -0.4 is 0 Å². The molecule has 1 unspecified atom stereocenters. The average Bonchev–Trinajstić information content (AvgIpc) is 3.15. The van der Waals surface area contributed by atoms with Gasteiger partial charge in [0.2, 0.25) is 0 Å². The maximum Gasteiger partial charge on any atom is 0.108 e. The van der Waals surface area contributed by atoms with Crippen LogP contribution in [0.4, 0.5) is 0 Å². The van der Waals surface area contributed by atoms with E-state index in [1.807, 2.05) is 0 Å². The Morgan fingerprint density at radius 2 is 2.14 bits per heavy atom. The monoisotopic (exact) mass is 298 g/mol. The zero-order valence-corrected chi connectivity index (χ0v) is 13.7. The molecule has 3 heterocycles. The van der Waals surface area contributed by atoms with Crippen molar-refractivity contribution in [3.8, 4) is 0 Å². The minimum absolute atomic E-state index is 0.814. The van der Waals surface area contributed by atoms with Crippen LogP contribution in [0.3, 0.4) is 0 Å². The molecule has 2 saturated heterocycles. The highest BCUT2D eigenvalue weighted by atomic mass is 15.3. The summed E-state index contributed by atoms with van der Waals surface area (Å²) in [5.41, 5.74) is 4.96. The van der Waals surface area contributed by atoms with Gasteiger partial charge in [-0.2, -0.15) is 0 Å². The highest BCUT2D eigenvalue weighted by molar-refractivity contribution is 5.79. The molecule has 0 spiro atoms. The number of imidazole rings is 1. The van der Waals surface area contributed by atoms with Gasteiger partial charge in [-0.15, -0.1) is 0 Å². The first-order valence-corrected chi connectivity index (χ1v) is 8.62. The maximum absolute atomic E-state index is 4.83. The summed E-state index contributed by atoms with van der Waals surface area (Å²) in [5.74, 6) is 1.14. The molecule has 0 saturated carbocycles. The fourth-order valence-corrected chi connectivity index (χ4v) is 4.01. The summed E-state index contributed by atoms with van der Waals surface area (Å²) in [7, 11) is 0. The van der Waals surface area contributed by atoms with Crippen molar-refractivity contribution in [1.29, 1.82) is 0 Å². The van der Waals surface area contributed by atoms with Crippen LogP contribution in [-0.4, -0.2) is 58.5 Å². The van der Waals surface area contributed by atoms with Crippen molar-refractivity contribution in [2.24, 2.45) is 0 Å². The highest BCUT2D eigenvalue weighted by Crippen LogP contribution is 2.22. The Morgan fingerprint density at radius 3 is 3.05 bits per heavy atom. The minimum atomic E-state index is 0.814. The number of H-pyrrole nitrogens is 1. The lowest BCUT2D eigenvalue weighted by molar-refractivity contribution is 0.105. The van der Waals surface area contributed by atoms with E-state index < -0.39 is 0 Å². The number of hydrogen-bond donors (Lipinski definition) is 1. The first-order valence-electron chi connectivity index (χ1n) is 8.62. The van der Waals surface area contributed by atoms with Crippen molar-refractivity contribution in [3.63, 3.8) is 0 Å². The third-order valence-electron chi connectivity index (χ3n) is 5.56. The molecular weight excluding hydrogens is 272 g/mol. The zero-order valence-electron chi connectivity index (χ0n) is 13.7. The Morgan fingerprint density at radius 1 is 1.23 bits per heavy atom. The molecule has 0 bridgehead atoms. The number of fused-ring (bicyclic) bond motifs is 2. The van der Waals surface area contributed by atoms with E-state index in [0.717, 1.165) is 30.3 Å². The average molecular weight is 298 g/mol. The van der Waals surface area contributed by atoms with Gasteiger partial charge < -0.3 is 9.88 Å². The number of rotatable bonds is 3. The molecule has 1 N–H and O–H groups in total. The second-order valence-electron chi connectivity index (χ2n) is 6.97. The number of aryl methyl sites for hydroxylation is 2. The predicted octanol–water partition coefficient (Wildman–Crippen LogP) is 2.50. The molecule has 1 atom stereocenters. The van der Waals surface area contributed by atoms with Crippen molar-refractivity contribution in [2.75, 3.05) is 32.7 Å². The second-order valence-corrected chi connectivity index (χ2v) is 6.97. The van der Waals surface area contributed by atoms with E-state index in [9.17, 15) is 0 Å². The van der Waals surface area contributed by atoms with Crippen LogP contribution in [0.1, 0.15) is 29.8 Å². The summed E-state index contributed by atoms with van der Waals surface area (Å²) in [5, 5.41) is 0.